The van der Waals surface area contributed by atoms with Crippen molar-refractivity contribution < 1.29 is 13.6 Å². The lowest BCUT2D eigenvalue weighted by Gasteiger charge is -2.06. The molecule has 0 spiro atoms. The molecule has 0 radical (unpaired) electrons. The Hall–Kier alpha value is -1.94. The second-order valence-corrected chi connectivity index (χ2v) is 4.99. The second kappa shape index (κ2) is 7.18. The highest BCUT2D eigenvalue weighted by Gasteiger charge is 2.07. The molecule has 0 aromatic heterocycles. The van der Waals surface area contributed by atoms with E-state index in [4.69, 9.17) is 11.6 Å². The Morgan fingerprint density at radius 1 is 1.00 bits per heavy atom. The van der Waals surface area contributed by atoms with Crippen molar-refractivity contribution >= 4 is 23.2 Å². The van der Waals surface area contributed by atoms with E-state index in [0.29, 0.717) is 17.1 Å². The molecule has 0 aliphatic rings. The van der Waals surface area contributed by atoms with E-state index in [1.807, 2.05) is 12.1 Å². The predicted octanol–water partition coefficient (Wildman–Crippen LogP) is 3.93. The largest absolute Gasteiger partial charge is 0.326 e. The van der Waals surface area contributed by atoms with Gasteiger partial charge in [-0.3, -0.25) is 4.79 Å². The van der Waals surface area contributed by atoms with Gasteiger partial charge in [-0.05, 0) is 41.8 Å². The van der Waals surface area contributed by atoms with Crippen molar-refractivity contribution in [3.8, 4) is 0 Å². The topological polar surface area (TPSA) is 29.1 Å². The first-order chi connectivity index (χ1) is 10.1. The number of amides is 1. The number of rotatable bonds is 5. The first-order valence-corrected chi connectivity index (χ1v) is 7.00. The fourth-order valence-electron chi connectivity index (χ4n) is 1.90. The molecule has 0 atom stereocenters. The molecule has 0 saturated carbocycles. The van der Waals surface area contributed by atoms with Gasteiger partial charge in [0.1, 0.15) is 0 Å². The van der Waals surface area contributed by atoms with Gasteiger partial charge < -0.3 is 5.32 Å². The maximum atomic E-state index is 13.1. The van der Waals surface area contributed by atoms with Crippen molar-refractivity contribution in [1.29, 1.82) is 0 Å². The fraction of sp³-hybridized carbons (Fsp3) is 0.188. The van der Waals surface area contributed by atoms with E-state index in [1.54, 1.807) is 12.1 Å². The number of halogens is 3. The lowest BCUT2D eigenvalue weighted by molar-refractivity contribution is -0.115. The monoisotopic (exact) mass is 309 g/mol. The molecular formula is C16H14ClF2NO. The molecule has 2 aromatic carbocycles. The van der Waals surface area contributed by atoms with Crippen LogP contribution < -0.4 is 5.32 Å². The molecule has 2 rings (SSSR count). The van der Waals surface area contributed by atoms with E-state index in [2.05, 4.69) is 5.32 Å². The highest BCUT2D eigenvalue weighted by Crippen LogP contribution is 2.13. The Morgan fingerprint density at radius 3 is 2.29 bits per heavy atom. The van der Waals surface area contributed by atoms with Crippen molar-refractivity contribution in [3.05, 3.63) is 65.2 Å². The third kappa shape index (κ3) is 4.53. The molecule has 110 valence electrons. The zero-order valence-electron chi connectivity index (χ0n) is 11.2. The Labute approximate surface area is 126 Å². The number of carbonyl (C=O) groups is 1. The summed E-state index contributed by atoms with van der Waals surface area (Å²) in [6.07, 6.45) is 0.755. The molecular weight excluding hydrogens is 296 g/mol. The van der Waals surface area contributed by atoms with Crippen LogP contribution in [-0.2, 0) is 17.6 Å². The molecule has 1 N–H and O–H groups in total. The molecule has 0 saturated heterocycles. The number of nitrogens with one attached hydrogen (secondary N) is 1. The minimum absolute atomic E-state index is 0.0133. The average molecular weight is 310 g/mol. The Bertz CT molecular complexity index is 629. The van der Waals surface area contributed by atoms with Crippen LogP contribution in [0.4, 0.5) is 14.5 Å². The van der Waals surface area contributed by atoms with Gasteiger partial charge in [-0.15, -0.1) is 11.6 Å². The number of carbonyl (C=O) groups excluding carboxylic acids is 1. The number of benzene rings is 2. The van der Waals surface area contributed by atoms with Gasteiger partial charge in [0, 0.05) is 11.6 Å². The lowest BCUT2D eigenvalue weighted by Crippen LogP contribution is -2.14. The van der Waals surface area contributed by atoms with Gasteiger partial charge in [-0.1, -0.05) is 18.2 Å². The molecule has 0 heterocycles. The standard InChI is InChI=1S/C16H14ClF2NO/c17-8-7-11-1-4-13(5-2-11)20-16(21)10-12-3-6-14(18)15(19)9-12/h1-6,9H,7-8,10H2,(H,20,21). The van der Waals surface area contributed by atoms with Crippen molar-refractivity contribution in [2.24, 2.45) is 0 Å². The summed E-state index contributed by atoms with van der Waals surface area (Å²) in [6, 6.07) is 10.8. The Morgan fingerprint density at radius 2 is 1.67 bits per heavy atom. The Kier molecular flexibility index (Phi) is 5.28. The number of hydrogen-bond donors (Lipinski definition) is 1. The summed E-state index contributed by atoms with van der Waals surface area (Å²) in [6.45, 7) is 0. The lowest BCUT2D eigenvalue weighted by atomic mass is 10.1. The number of hydrogen-bond acceptors (Lipinski definition) is 1. The van der Waals surface area contributed by atoms with E-state index >= 15 is 0 Å². The van der Waals surface area contributed by atoms with Crippen LogP contribution in [0.5, 0.6) is 0 Å². The first kappa shape index (κ1) is 15.4. The molecule has 1 amide bonds. The number of alkyl halides is 1. The highest BCUT2D eigenvalue weighted by atomic mass is 35.5. The van der Waals surface area contributed by atoms with Gasteiger partial charge in [0.2, 0.25) is 5.91 Å². The summed E-state index contributed by atoms with van der Waals surface area (Å²) in [5.41, 5.74) is 2.16. The van der Waals surface area contributed by atoms with Gasteiger partial charge in [-0.2, -0.15) is 0 Å². The van der Waals surface area contributed by atoms with Crippen molar-refractivity contribution in [2.45, 2.75) is 12.8 Å². The molecule has 0 aliphatic carbocycles. The van der Waals surface area contributed by atoms with Crippen molar-refractivity contribution in [1.82, 2.24) is 0 Å². The average Bonchev–Trinajstić information content (AvgIpc) is 2.45. The zero-order chi connectivity index (χ0) is 15.2. The van der Waals surface area contributed by atoms with Gasteiger partial charge in [0.25, 0.3) is 0 Å². The zero-order valence-corrected chi connectivity index (χ0v) is 12.0. The molecule has 5 heteroatoms. The van der Waals surface area contributed by atoms with E-state index in [0.717, 1.165) is 24.1 Å². The second-order valence-electron chi connectivity index (χ2n) is 4.61. The SMILES string of the molecule is O=C(Cc1ccc(F)c(F)c1)Nc1ccc(CCCl)cc1. The smallest absolute Gasteiger partial charge is 0.228 e. The minimum Gasteiger partial charge on any atom is -0.326 e. The fourth-order valence-corrected chi connectivity index (χ4v) is 2.12. The van der Waals surface area contributed by atoms with Gasteiger partial charge in [0.15, 0.2) is 11.6 Å². The van der Waals surface area contributed by atoms with Crippen LogP contribution in [-0.4, -0.2) is 11.8 Å². The van der Waals surface area contributed by atoms with E-state index < -0.39 is 11.6 Å². The third-order valence-corrected chi connectivity index (χ3v) is 3.16. The highest BCUT2D eigenvalue weighted by molar-refractivity contribution is 6.18. The van der Waals surface area contributed by atoms with Crippen LogP contribution in [0.3, 0.4) is 0 Å². The molecule has 2 aromatic rings. The maximum absolute atomic E-state index is 13.1. The molecule has 21 heavy (non-hydrogen) atoms. The number of aryl methyl sites for hydroxylation is 1. The molecule has 0 unspecified atom stereocenters. The summed E-state index contributed by atoms with van der Waals surface area (Å²) in [4.78, 5) is 11.8. The summed E-state index contributed by atoms with van der Waals surface area (Å²) in [5.74, 6) is -1.62. The molecule has 0 aliphatic heterocycles. The third-order valence-electron chi connectivity index (χ3n) is 2.97. The van der Waals surface area contributed by atoms with Crippen LogP contribution in [0.25, 0.3) is 0 Å². The normalized spacial score (nSPS) is 10.4. The van der Waals surface area contributed by atoms with Crippen LogP contribution >= 0.6 is 11.6 Å². The predicted molar refractivity (Wildman–Crippen MR) is 79.6 cm³/mol. The maximum Gasteiger partial charge on any atom is 0.228 e. The van der Waals surface area contributed by atoms with Crippen LogP contribution in [0, 0.1) is 11.6 Å². The van der Waals surface area contributed by atoms with Crippen LogP contribution in [0.15, 0.2) is 42.5 Å². The summed E-state index contributed by atoms with van der Waals surface area (Å²) in [5, 5.41) is 2.71. The van der Waals surface area contributed by atoms with Gasteiger partial charge in [-0.25, -0.2) is 8.78 Å². The quantitative estimate of drug-likeness (QED) is 0.833. The van der Waals surface area contributed by atoms with E-state index in [-0.39, 0.29) is 12.3 Å². The minimum atomic E-state index is -0.953. The summed E-state index contributed by atoms with van der Waals surface area (Å²) >= 11 is 5.65. The van der Waals surface area contributed by atoms with Gasteiger partial charge in [0.05, 0.1) is 6.42 Å². The van der Waals surface area contributed by atoms with Gasteiger partial charge >= 0.3 is 0 Å². The summed E-state index contributed by atoms with van der Waals surface area (Å²) < 4.78 is 25.9. The molecule has 0 fully saturated rings. The first-order valence-electron chi connectivity index (χ1n) is 6.47. The Balaban J connectivity index is 1.96. The molecule has 2 nitrogen and oxygen atoms in total. The van der Waals surface area contributed by atoms with E-state index in [9.17, 15) is 13.6 Å². The number of anilines is 1. The van der Waals surface area contributed by atoms with Crippen molar-refractivity contribution in [3.63, 3.8) is 0 Å². The van der Waals surface area contributed by atoms with Crippen LogP contribution in [0.2, 0.25) is 0 Å². The van der Waals surface area contributed by atoms with E-state index in [1.165, 1.54) is 6.07 Å². The molecule has 0 bridgehead atoms. The summed E-state index contributed by atoms with van der Waals surface area (Å²) in [7, 11) is 0. The van der Waals surface area contributed by atoms with Crippen LogP contribution in [0.1, 0.15) is 11.1 Å². The van der Waals surface area contributed by atoms with Crippen molar-refractivity contribution in [2.75, 3.05) is 11.2 Å².